The van der Waals surface area contributed by atoms with Crippen LogP contribution in [0.2, 0.25) is 0 Å². The summed E-state index contributed by atoms with van der Waals surface area (Å²) in [6.45, 7) is 29.0. The predicted octanol–water partition coefficient (Wildman–Crippen LogP) is -20.2. The first-order chi connectivity index (χ1) is 62.3. The molecule has 7 unspecified atom stereocenters. The van der Waals surface area contributed by atoms with Gasteiger partial charge in [-0.25, -0.2) is 33.6 Å². The largest absolute Gasteiger partial charge is 0.652 e. The number of carboxylic acid groups (broad SMARTS) is 9. The van der Waals surface area contributed by atoms with Crippen molar-refractivity contribution in [3.05, 3.63) is 0 Å². The van der Waals surface area contributed by atoms with E-state index < -0.39 is 67.3 Å². The van der Waals surface area contributed by atoms with Crippen LogP contribution in [-0.2, 0) is 37.9 Å². The van der Waals surface area contributed by atoms with Gasteiger partial charge in [0.15, 0.2) is 0 Å². The molecular formula is C71H173N30O31PU-2. The molecule has 0 aromatic heterocycles. The van der Waals surface area contributed by atoms with Crippen LogP contribution in [0.5, 0.6) is 0 Å². The number of carbonyl (C=O) groups excluding carboxylic acids is 13. The van der Waals surface area contributed by atoms with E-state index >= 15 is 0 Å². The van der Waals surface area contributed by atoms with Crippen LogP contribution in [-0.4, -0.2) is 337 Å². The van der Waals surface area contributed by atoms with E-state index in [1.165, 1.54) is 0 Å². The van der Waals surface area contributed by atoms with Crippen molar-refractivity contribution in [3.63, 3.8) is 0 Å². The molecule has 3 aliphatic rings. The number of ether oxygens (including phenoxy) is 8. The average Bonchev–Trinajstić information content (AvgIpc) is 1.88. The first kappa shape index (κ1) is 161. The zero-order valence-corrected chi connectivity index (χ0v) is 85.0. The van der Waals surface area contributed by atoms with E-state index in [1.54, 1.807) is 27.7 Å². The molecule has 0 bridgehead atoms. The predicted molar refractivity (Wildman–Crippen MR) is 477 cm³/mol. The standard InChI is InChI=1S/2C7H17N3O2.2C7H16N2O3.C5H10N2O4.3C4H10N2O2.C4H8N2O.2C4H7NO2.4C3H10N2.2CH2O3.H3P.U/c1-5(3-8)10-7(11)12-6(2)4-9;8-3-1-5-10-7(11)12-6-2-4-9;1-5(3-8)11-7(10)12-6(2)4-9;8-3-1-5-11-7(10)12-6-2-4-9;8-4(9)6-2-1-3-7-5(10)11;1-3(5)2-6-4(7)8;2*5-2-1-3-6-4(7)8;7-4-5-2-1-3-6-4;1-3-2-5-4(6)7-3;6-4-5-2-1-3-7-4;4*4-2-1-3-5;2*2-1(3)4;;/h5-6H,3-4,8-9H2,1-2H3,(H,10,11);1-6,8-9H2,(H,10,11);5-6H,3-4,8-9H2,1-2H3;1-6,8-9H2;6-7H,1-3H2,(H,8,9)(H,10,11);3,6H,2,5H2,1H3,(H,7,8);2*6H,1-3,5H2,(H,7,8);1-3H2,(H2,5,6,7);3H,2H2,1H3,(H,5,6);1-3H2,(H,5,6);4*1-5H2;2*(H2,2,3,4);1H3;/p-2. The maximum Gasteiger partial charge on any atom is 0.508 e. The summed E-state index contributed by atoms with van der Waals surface area (Å²) in [7, 11) is 0. The minimum absolute atomic E-state index is 0. The number of alkyl carbamates (subject to hydrolysis) is 4. The van der Waals surface area contributed by atoms with Gasteiger partial charge < -0.3 is 285 Å². The Hall–Kier alpha value is -9.50. The Morgan fingerprint density at radius 2 is 0.731 bits per heavy atom. The molecule has 11 amide bonds. The van der Waals surface area contributed by atoms with Crippen molar-refractivity contribution in [1.82, 2.24) is 58.5 Å². The summed E-state index contributed by atoms with van der Waals surface area (Å²) in [6, 6.07) is 0.00150. The maximum atomic E-state index is 10.9. The van der Waals surface area contributed by atoms with Crippen LogP contribution in [0.25, 0.3) is 0 Å². The molecule has 0 aromatic carbocycles. The Kier molecular flexibility index (Phi) is 170. The number of rotatable bonds is 40. The molecule has 0 saturated carbocycles. The minimum atomic E-state index is -2.33. The molecule has 0 spiro atoms. The van der Waals surface area contributed by atoms with Gasteiger partial charge in [0.05, 0.1) is 78.3 Å². The molecule has 3 fully saturated rings. The molecule has 63 heteroatoms. The van der Waals surface area contributed by atoms with Gasteiger partial charge in [0, 0.05) is 148 Å². The van der Waals surface area contributed by atoms with Crippen molar-refractivity contribution in [3.8, 4) is 0 Å². The van der Waals surface area contributed by atoms with Gasteiger partial charge in [-0.05, 0) is 158 Å². The summed E-state index contributed by atoms with van der Waals surface area (Å²) >= 11 is 0. The molecule has 3 rings (SSSR count). The van der Waals surface area contributed by atoms with Crippen molar-refractivity contribution in [2.45, 2.75) is 162 Å². The van der Waals surface area contributed by atoms with Crippen molar-refractivity contribution in [2.75, 3.05) is 210 Å². The zero-order valence-electron chi connectivity index (χ0n) is 79.4. The number of quaternary nitrogens is 6. The van der Waals surface area contributed by atoms with Crippen LogP contribution in [0, 0.1) is 31.1 Å². The first-order valence-electron chi connectivity index (χ1n) is 42.1. The van der Waals surface area contributed by atoms with Crippen molar-refractivity contribution >= 4 is 95.4 Å². The topological polar surface area (TPSA) is 1150 Å². The second kappa shape index (κ2) is 141. The third kappa shape index (κ3) is 221. The number of nitrogens with two attached hydrogens (primary N) is 13. The zero-order chi connectivity index (χ0) is 105. The number of urea groups is 1. The van der Waals surface area contributed by atoms with Gasteiger partial charge in [0.25, 0.3) is 0 Å². The van der Waals surface area contributed by atoms with Crippen molar-refractivity contribution < 1.29 is 216 Å². The van der Waals surface area contributed by atoms with Gasteiger partial charge in [0.2, 0.25) is 6.16 Å². The van der Waals surface area contributed by atoms with Gasteiger partial charge in [-0.2, -0.15) is 9.90 Å². The van der Waals surface area contributed by atoms with E-state index in [0.29, 0.717) is 137 Å². The molecule has 3 saturated heterocycles. The molecule has 3 heterocycles. The number of hydrogen-bond acceptors (Lipinski definition) is 43. The van der Waals surface area contributed by atoms with Crippen LogP contribution in [0.15, 0.2) is 0 Å². The number of nitrogens with one attached hydrogen (secondary N) is 11. The van der Waals surface area contributed by atoms with Gasteiger partial charge in [-0.15, -0.1) is 0 Å². The van der Waals surface area contributed by atoms with Crippen LogP contribution in [0.3, 0.4) is 0 Å². The Balaban J connectivity index is -0.0000000796. The molecule has 0 aromatic rings. The summed E-state index contributed by atoms with van der Waals surface area (Å²) in [5.41, 5.74) is 88.7. The third-order valence-electron chi connectivity index (χ3n) is 12.2. The van der Waals surface area contributed by atoms with Gasteiger partial charge in [-0.3, -0.25) is 0 Å². The van der Waals surface area contributed by atoms with E-state index in [1.807, 2.05) is 24.5 Å². The number of hydrogen-bond donors (Lipinski definition) is 31. The van der Waals surface area contributed by atoms with Crippen LogP contribution in [0.1, 0.15) is 125 Å². The normalized spacial score (nSPS) is 12.2. The smallest absolute Gasteiger partial charge is 0.508 e. The average molecular weight is 2210 g/mol. The second-order valence-electron chi connectivity index (χ2n) is 25.3. The van der Waals surface area contributed by atoms with Crippen molar-refractivity contribution in [2.24, 2.45) is 74.5 Å². The quantitative estimate of drug-likeness (QED) is 0.0117. The fourth-order valence-corrected chi connectivity index (χ4v) is 5.53. The fourth-order valence-electron chi connectivity index (χ4n) is 5.53. The Bertz CT molecular complexity index is 2350. The summed E-state index contributed by atoms with van der Waals surface area (Å²) in [6.07, 6.45) is -3.65. The molecular weight excluding hydrogens is 2040 g/mol. The number of cyclic esters (lactones) is 2. The Morgan fingerprint density at radius 3 is 0.955 bits per heavy atom. The van der Waals surface area contributed by atoms with Crippen LogP contribution >= 0.6 is 9.90 Å². The molecule has 56 N–H and O–H groups in total. The van der Waals surface area contributed by atoms with Crippen LogP contribution < -0.4 is 208 Å². The molecule has 0 radical (unpaired) electrons. The van der Waals surface area contributed by atoms with E-state index in [9.17, 15) is 83.1 Å². The van der Waals surface area contributed by atoms with Crippen LogP contribution in [0.4, 0.5) is 67.1 Å². The summed E-state index contributed by atoms with van der Waals surface area (Å²) in [4.78, 5) is 139. The molecule has 61 nitrogen and oxygen atoms in total. The summed E-state index contributed by atoms with van der Waals surface area (Å²) in [5, 5.41) is 106. The van der Waals surface area contributed by atoms with Gasteiger partial charge >= 0.3 is 42.7 Å². The Labute approximate surface area is 812 Å². The Morgan fingerprint density at radius 1 is 0.418 bits per heavy atom. The van der Waals surface area contributed by atoms with E-state index in [0.717, 1.165) is 130 Å². The fraction of sp³-hybridized carbons (Fsp3) is 0.803. The summed E-state index contributed by atoms with van der Waals surface area (Å²) in [5.74, 6) is 0. The molecule has 804 valence electrons. The second-order valence-corrected chi connectivity index (χ2v) is 25.3. The third-order valence-corrected chi connectivity index (χ3v) is 12.2. The van der Waals surface area contributed by atoms with Gasteiger partial charge in [-0.1, -0.05) is 0 Å². The number of amides is 11. The van der Waals surface area contributed by atoms with E-state index in [4.69, 9.17) is 124 Å². The van der Waals surface area contributed by atoms with Gasteiger partial charge in [0.1, 0.15) is 54.9 Å². The maximum absolute atomic E-state index is 10.9. The summed E-state index contributed by atoms with van der Waals surface area (Å²) < 4.78 is 37.5. The molecule has 3 aliphatic heterocycles. The molecule has 0 aliphatic carbocycles. The van der Waals surface area contributed by atoms with E-state index in [2.05, 4.69) is 101 Å². The SMILES string of the molecule is CC(CN)NC(=O)OC(C)CN.CC(CN)OC(=O)OC(C)CN.CC([NH3+])CNC(=O)[O-].CC1CNC(=O)O1.NCCCNC(=O)OCCCN.NCCCNC(=O)[O-].NCCCOC(=O)OCCCN.NCCC[NH3+].NCCC[NH3+].NCCC[NH3+].NCCC[NH3+].O=C([O-])NCCCNC(=O)[O-].O=C([O-])O.O=C([O-])[O-].O=C1NCCCN1.O=C1NCCCO1.P.[NH3+]CCCNC(=O)[O-].[U]. The number of carbonyl (C=O) groups is 14. The monoisotopic (exact) mass is 2210 g/mol. The van der Waals surface area contributed by atoms with Crippen molar-refractivity contribution in [1.29, 1.82) is 0 Å². The minimum Gasteiger partial charge on any atom is -0.652 e. The molecule has 134 heavy (non-hydrogen) atoms. The van der Waals surface area contributed by atoms with E-state index in [-0.39, 0.29) is 122 Å². The molecule has 7 atom stereocenters. The first-order valence-corrected chi connectivity index (χ1v) is 42.1.